The highest BCUT2D eigenvalue weighted by Gasteiger charge is 2.02. The smallest absolute Gasteiger partial charge is 0.141 e. The summed E-state index contributed by atoms with van der Waals surface area (Å²) in [5.41, 5.74) is 8.85. The highest BCUT2D eigenvalue weighted by atomic mass is 32.1. The molecule has 2 aliphatic heterocycles. The molecule has 0 saturated carbocycles. The van der Waals surface area contributed by atoms with E-state index in [1.54, 1.807) is 23.7 Å². The molecule has 0 unspecified atom stereocenters. The molecule has 6 nitrogen and oxygen atoms in total. The van der Waals surface area contributed by atoms with Crippen LogP contribution in [0.3, 0.4) is 0 Å². The molecule has 7 heteroatoms. The lowest BCUT2D eigenvalue weighted by molar-refractivity contribution is 1.28. The molecule has 0 fully saturated rings. The number of thiophene rings is 1. The molecule has 158 valence electrons. The first kappa shape index (κ1) is 19.3. The van der Waals surface area contributed by atoms with Crippen molar-refractivity contribution in [2.45, 2.75) is 0 Å². The van der Waals surface area contributed by atoms with Crippen LogP contribution in [0.25, 0.3) is 56.7 Å². The van der Waals surface area contributed by atoms with Gasteiger partial charge < -0.3 is 9.97 Å². The Kier molecular flexibility index (Phi) is 4.86. The van der Waals surface area contributed by atoms with E-state index in [4.69, 9.17) is 0 Å². The molecule has 0 aliphatic carbocycles. The number of fused-ring (bicyclic) bond motifs is 9. The van der Waals surface area contributed by atoms with Crippen LogP contribution in [0.4, 0.5) is 0 Å². The number of aromatic nitrogens is 6. The third-order valence-corrected chi connectivity index (χ3v) is 5.95. The largest absolute Gasteiger partial charge is 0.355 e. The first-order chi connectivity index (χ1) is 16.3. The third-order valence-electron chi connectivity index (χ3n) is 5.14. The molecule has 5 aromatic heterocycles. The standard InChI is InChI=1S/C20H14N4.C6H4N2S/c1-2-14-10-16-5-6-18(23-16)12-20-8-7-19(24-20)11-17-4-3-15(22-17)9-13(1)21-14;1-4-9-6-5(1)7-2-3-8-6/h1-12,21-22H;1-4H. The molecule has 8 bridgehead atoms. The molecule has 0 spiro atoms. The van der Waals surface area contributed by atoms with Crippen LogP contribution < -0.4 is 0 Å². The molecule has 7 heterocycles. The van der Waals surface area contributed by atoms with Gasteiger partial charge in [-0.15, -0.1) is 11.3 Å². The Hall–Kier alpha value is -4.36. The topological polar surface area (TPSA) is 83.1 Å². The molecule has 0 atom stereocenters. The van der Waals surface area contributed by atoms with E-state index < -0.39 is 0 Å². The van der Waals surface area contributed by atoms with Crippen LogP contribution in [0.2, 0.25) is 0 Å². The molecule has 33 heavy (non-hydrogen) atoms. The Morgan fingerprint density at radius 3 is 1.64 bits per heavy atom. The Balaban J connectivity index is 0.000000192. The predicted octanol–water partition coefficient (Wildman–Crippen LogP) is 6.35. The van der Waals surface area contributed by atoms with E-state index in [0.717, 1.165) is 55.2 Å². The number of nitrogens with one attached hydrogen (secondary N) is 2. The van der Waals surface area contributed by atoms with E-state index >= 15 is 0 Å². The minimum absolute atomic E-state index is 0.915. The number of H-pyrrole nitrogens is 2. The Morgan fingerprint density at radius 2 is 1.06 bits per heavy atom. The van der Waals surface area contributed by atoms with E-state index in [1.807, 2.05) is 53.9 Å². The highest BCUT2D eigenvalue weighted by Crippen LogP contribution is 2.17. The third kappa shape index (κ3) is 4.35. The van der Waals surface area contributed by atoms with Crippen LogP contribution in [0.5, 0.6) is 0 Å². The normalized spacial score (nSPS) is 12.0. The molecular weight excluding hydrogens is 428 g/mol. The average Bonchev–Trinajstić information content (AvgIpc) is 3.63. The fourth-order valence-electron chi connectivity index (χ4n) is 3.65. The highest BCUT2D eigenvalue weighted by molar-refractivity contribution is 7.16. The van der Waals surface area contributed by atoms with Gasteiger partial charge >= 0.3 is 0 Å². The lowest BCUT2D eigenvalue weighted by atomic mass is 10.3. The van der Waals surface area contributed by atoms with Crippen LogP contribution in [-0.4, -0.2) is 29.9 Å². The van der Waals surface area contributed by atoms with Crippen molar-refractivity contribution in [2.24, 2.45) is 0 Å². The van der Waals surface area contributed by atoms with Crippen LogP contribution in [0.15, 0.2) is 72.4 Å². The fourth-order valence-corrected chi connectivity index (χ4v) is 4.34. The van der Waals surface area contributed by atoms with Crippen molar-refractivity contribution in [1.29, 1.82) is 0 Å². The Labute approximate surface area is 193 Å². The van der Waals surface area contributed by atoms with Crippen molar-refractivity contribution < 1.29 is 0 Å². The second-order valence-corrected chi connectivity index (χ2v) is 8.47. The summed E-state index contributed by atoms with van der Waals surface area (Å²) in [6.07, 6.45) is 11.5. The predicted molar refractivity (Wildman–Crippen MR) is 136 cm³/mol. The number of nitrogens with zero attached hydrogens (tertiary/aromatic N) is 4. The van der Waals surface area contributed by atoms with Crippen molar-refractivity contribution in [2.75, 3.05) is 0 Å². The number of hydrogen-bond donors (Lipinski definition) is 2. The van der Waals surface area contributed by atoms with Gasteiger partial charge in [0.15, 0.2) is 0 Å². The molecule has 0 radical (unpaired) electrons. The van der Waals surface area contributed by atoms with Gasteiger partial charge in [-0.3, -0.25) is 4.98 Å². The van der Waals surface area contributed by atoms with Gasteiger partial charge in [-0.25, -0.2) is 15.0 Å². The summed E-state index contributed by atoms with van der Waals surface area (Å²) in [4.78, 5) is 25.2. The van der Waals surface area contributed by atoms with Crippen molar-refractivity contribution in [1.82, 2.24) is 29.9 Å². The molecule has 0 saturated heterocycles. The number of aromatic amines is 2. The van der Waals surface area contributed by atoms with Gasteiger partial charge in [0, 0.05) is 34.5 Å². The van der Waals surface area contributed by atoms with Gasteiger partial charge in [-0.1, -0.05) is 0 Å². The van der Waals surface area contributed by atoms with Crippen molar-refractivity contribution >= 4 is 68.1 Å². The van der Waals surface area contributed by atoms with Crippen LogP contribution in [-0.2, 0) is 0 Å². The lowest BCUT2D eigenvalue weighted by Crippen LogP contribution is -1.77. The monoisotopic (exact) mass is 446 g/mol. The molecule has 0 aromatic carbocycles. The second-order valence-electron chi connectivity index (χ2n) is 7.57. The zero-order chi connectivity index (χ0) is 22.0. The summed E-state index contributed by atoms with van der Waals surface area (Å²) in [5.74, 6) is 0. The maximum absolute atomic E-state index is 4.62. The first-order valence-corrected chi connectivity index (χ1v) is 11.3. The summed E-state index contributed by atoms with van der Waals surface area (Å²) in [5, 5.41) is 1.99. The SMILES string of the molecule is C1=Cc2cc3ccc(cc4ccc(cc5nc(cc1n2)C=C5)[nH]4)[nH]3.c1cnc2sccc2n1. The van der Waals surface area contributed by atoms with Crippen molar-refractivity contribution in [3.63, 3.8) is 0 Å². The molecule has 7 rings (SSSR count). The maximum atomic E-state index is 4.62. The van der Waals surface area contributed by atoms with Gasteiger partial charge in [0.25, 0.3) is 0 Å². The minimum Gasteiger partial charge on any atom is -0.355 e. The quantitative estimate of drug-likeness (QED) is 0.284. The second kappa shape index (κ2) is 8.29. The van der Waals surface area contributed by atoms with Gasteiger partial charge in [0.05, 0.1) is 28.3 Å². The van der Waals surface area contributed by atoms with Gasteiger partial charge in [-0.2, -0.15) is 0 Å². The molecule has 0 amide bonds. The number of hydrogen-bond acceptors (Lipinski definition) is 5. The zero-order valence-corrected chi connectivity index (χ0v) is 18.3. The summed E-state index contributed by atoms with van der Waals surface area (Å²) < 4.78 is 0. The first-order valence-electron chi connectivity index (χ1n) is 10.5. The summed E-state index contributed by atoms with van der Waals surface area (Å²) in [6.45, 7) is 0. The average molecular weight is 447 g/mol. The molecule has 5 aromatic rings. The van der Waals surface area contributed by atoms with Crippen LogP contribution in [0.1, 0.15) is 22.8 Å². The van der Waals surface area contributed by atoms with Gasteiger partial charge in [0.1, 0.15) is 4.83 Å². The van der Waals surface area contributed by atoms with Crippen LogP contribution in [0, 0.1) is 0 Å². The van der Waals surface area contributed by atoms with Crippen molar-refractivity contribution in [3.05, 3.63) is 95.1 Å². The van der Waals surface area contributed by atoms with E-state index in [9.17, 15) is 0 Å². The van der Waals surface area contributed by atoms with Gasteiger partial charge in [0.2, 0.25) is 0 Å². The number of rotatable bonds is 0. The van der Waals surface area contributed by atoms with E-state index in [2.05, 4.69) is 60.2 Å². The fraction of sp³-hybridized carbons (Fsp3) is 0. The summed E-state index contributed by atoms with van der Waals surface area (Å²) in [6, 6.07) is 18.4. The van der Waals surface area contributed by atoms with E-state index in [0.29, 0.717) is 0 Å². The van der Waals surface area contributed by atoms with Crippen molar-refractivity contribution in [3.8, 4) is 0 Å². The molecule has 2 N–H and O–H groups in total. The summed E-state index contributed by atoms with van der Waals surface area (Å²) >= 11 is 1.61. The lowest BCUT2D eigenvalue weighted by Gasteiger charge is -1.86. The minimum atomic E-state index is 0.915. The Bertz CT molecular complexity index is 1570. The van der Waals surface area contributed by atoms with E-state index in [-0.39, 0.29) is 0 Å². The van der Waals surface area contributed by atoms with Crippen LogP contribution >= 0.6 is 11.3 Å². The molecular formula is C26H18N6S. The molecule has 2 aliphatic rings. The van der Waals surface area contributed by atoms with E-state index in [1.165, 1.54) is 0 Å². The Morgan fingerprint density at radius 1 is 0.545 bits per heavy atom. The maximum Gasteiger partial charge on any atom is 0.141 e. The zero-order valence-electron chi connectivity index (χ0n) is 17.4. The van der Waals surface area contributed by atoms with Gasteiger partial charge in [-0.05, 0) is 84.3 Å². The summed E-state index contributed by atoms with van der Waals surface area (Å²) in [7, 11) is 0.